The molecule has 2 bridgehead atoms. The summed E-state index contributed by atoms with van der Waals surface area (Å²) in [6.45, 7) is 8.28. The molecule has 0 aromatic carbocycles. The highest BCUT2D eigenvalue weighted by atomic mass is 19.5. The van der Waals surface area contributed by atoms with Crippen molar-refractivity contribution < 1.29 is 22.2 Å². The van der Waals surface area contributed by atoms with Gasteiger partial charge in [-0.05, 0) is 0 Å². The lowest BCUT2D eigenvalue weighted by Crippen LogP contribution is -3.17. The van der Waals surface area contributed by atoms with Gasteiger partial charge in [-0.15, -0.1) is 0 Å². The second-order valence-corrected chi connectivity index (χ2v) is 3.34. The van der Waals surface area contributed by atoms with E-state index in [4.69, 9.17) is 0 Å². The summed E-state index contributed by atoms with van der Waals surface area (Å²) in [7, 11) is -6.00. The Balaban J connectivity index is 0.000000149. The summed E-state index contributed by atoms with van der Waals surface area (Å²) >= 11 is 0. The number of hydrogen-bond acceptors (Lipinski definition) is 1. The molecule has 0 unspecified atom stereocenters. The van der Waals surface area contributed by atoms with Crippen LogP contribution in [0.15, 0.2) is 0 Å². The number of halogens is 4. The van der Waals surface area contributed by atoms with Crippen molar-refractivity contribution >= 4 is 7.25 Å². The highest BCUT2D eigenvalue weighted by Crippen LogP contribution is 2.06. The Kier molecular flexibility index (Phi) is 3.55. The van der Waals surface area contributed by atoms with Gasteiger partial charge in [-0.25, -0.2) is 0 Å². The molecule has 3 aliphatic rings. The molecule has 0 aromatic heterocycles. The molecule has 0 aromatic rings. The fourth-order valence-corrected chi connectivity index (χ4v) is 1.66. The van der Waals surface area contributed by atoms with E-state index >= 15 is 0 Å². The van der Waals surface area contributed by atoms with Crippen molar-refractivity contribution in [2.45, 2.75) is 0 Å². The number of fused-ring (bicyclic) bond motifs is 3. The first-order chi connectivity index (χ1) is 5.95. The van der Waals surface area contributed by atoms with E-state index in [0.717, 1.165) is 0 Å². The monoisotopic (exact) mass is 200 g/mol. The minimum atomic E-state index is -6.00. The van der Waals surface area contributed by atoms with Crippen molar-refractivity contribution in [3.05, 3.63) is 0 Å². The van der Waals surface area contributed by atoms with Crippen LogP contribution in [-0.2, 0) is 0 Å². The van der Waals surface area contributed by atoms with Crippen LogP contribution in [0.4, 0.5) is 17.3 Å². The SMILES string of the molecule is C1C[NH+]2CCN1CC2.F[B-](F)(F)F. The summed E-state index contributed by atoms with van der Waals surface area (Å²) in [4.78, 5) is 4.39. The number of piperazine rings is 3. The zero-order valence-corrected chi connectivity index (χ0v) is 7.28. The Bertz CT molecular complexity index is 126. The van der Waals surface area contributed by atoms with Crippen LogP contribution in [0.5, 0.6) is 0 Å². The average molecular weight is 200 g/mol. The third-order valence-electron chi connectivity index (χ3n) is 2.34. The van der Waals surface area contributed by atoms with Crippen LogP contribution >= 0.6 is 0 Å². The maximum atomic E-state index is 9.75. The minimum Gasteiger partial charge on any atom is -0.418 e. The third kappa shape index (κ3) is 5.10. The Morgan fingerprint density at radius 3 is 1.23 bits per heavy atom. The van der Waals surface area contributed by atoms with E-state index in [1.54, 1.807) is 0 Å². The summed E-state index contributed by atoms with van der Waals surface area (Å²) in [5, 5.41) is 0. The van der Waals surface area contributed by atoms with Gasteiger partial charge < -0.3 is 22.2 Å². The molecule has 0 radical (unpaired) electrons. The van der Waals surface area contributed by atoms with Gasteiger partial charge in [0, 0.05) is 19.6 Å². The van der Waals surface area contributed by atoms with Crippen LogP contribution in [0, 0.1) is 0 Å². The second-order valence-electron chi connectivity index (χ2n) is 3.34. The molecular weight excluding hydrogens is 187 g/mol. The Hall–Kier alpha value is -0.295. The van der Waals surface area contributed by atoms with Crippen LogP contribution in [0.1, 0.15) is 0 Å². The normalized spacial score (nSPS) is 32.3. The first-order valence-electron chi connectivity index (χ1n) is 4.38. The van der Waals surface area contributed by atoms with Gasteiger partial charge in [0.05, 0.1) is 19.6 Å². The quantitative estimate of drug-likeness (QED) is 0.409. The number of rotatable bonds is 0. The van der Waals surface area contributed by atoms with E-state index < -0.39 is 7.25 Å². The second kappa shape index (κ2) is 4.28. The lowest BCUT2D eigenvalue weighted by atomic mass is 10.2. The smallest absolute Gasteiger partial charge is 0.418 e. The summed E-state index contributed by atoms with van der Waals surface area (Å²) in [6.07, 6.45) is 0. The number of hydrogen-bond donors (Lipinski definition) is 1. The average Bonchev–Trinajstić information content (AvgIpc) is 2.05. The largest absolute Gasteiger partial charge is 0.673 e. The van der Waals surface area contributed by atoms with E-state index in [9.17, 15) is 17.3 Å². The van der Waals surface area contributed by atoms with Gasteiger partial charge in [0.15, 0.2) is 0 Å². The summed E-state index contributed by atoms with van der Waals surface area (Å²) in [6, 6.07) is 0. The Morgan fingerprint density at radius 1 is 0.846 bits per heavy atom. The highest BCUT2D eigenvalue weighted by Gasteiger charge is 2.25. The standard InChI is InChI=1S/C6H12N2.BF4/c1-2-8-5-3-7(1)4-6-8;2-1(3,4)5/h1-6H2;/q;-1/p+1. The van der Waals surface area contributed by atoms with Gasteiger partial charge in [-0.2, -0.15) is 0 Å². The van der Waals surface area contributed by atoms with Gasteiger partial charge in [0.2, 0.25) is 0 Å². The highest BCUT2D eigenvalue weighted by molar-refractivity contribution is 6.50. The molecule has 78 valence electrons. The number of nitrogens with zero attached hydrogens (tertiary/aromatic N) is 1. The molecule has 0 amide bonds. The predicted molar refractivity (Wildman–Crippen MR) is 42.2 cm³/mol. The first-order valence-corrected chi connectivity index (χ1v) is 4.38. The van der Waals surface area contributed by atoms with Crippen molar-refractivity contribution in [1.82, 2.24) is 4.90 Å². The molecule has 3 aliphatic heterocycles. The van der Waals surface area contributed by atoms with Crippen molar-refractivity contribution in [3.8, 4) is 0 Å². The van der Waals surface area contributed by atoms with E-state index in [2.05, 4.69) is 4.90 Å². The first kappa shape index (κ1) is 10.8. The van der Waals surface area contributed by atoms with Crippen molar-refractivity contribution in [3.63, 3.8) is 0 Å². The Labute approximate surface area is 74.6 Å². The van der Waals surface area contributed by atoms with E-state index in [0.29, 0.717) is 0 Å². The number of nitrogens with one attached hydrogen (secondary N) is 1. The maximum Gasteiger partial charge on any atom is 0.673 e. The molecule has 3 rings (SSSR count). The summed E-state index contributed by atoms with van der Waals surface area (Å²) in [5.74, 6) is 0. The molecule has 0 atom stereocenters. The lowest BCUT2D eigenvalue weighted by molar-refractivity contribution is -0.914. The molecule has 7 heteroatoms. The van der Waals surface area contributed by atoms with Crippen molar-refractivity contribution in [2.75, 3.05) is 39.3 Å². The summed E-state index contributed by atoms with van der Waals surface area (Å²) < 4.78 is 39.0. The lowest BCUT2D eigenvalue weighted by Gasteiger charge is -2.38. The molecule has 0 aliphatic carbocycles. The molecule has 3 fully saturated rings. The topological polar surface area (TPSA) is 7.68 Å². The fourth-order valence-electron chi connectivity index (χ4n) is 1.66. The van der Waals surface area contributed by atoms with Crippen LogP contribution in [0.3, 0.4) is 0 Å². The van der Waals surface area contributed by atoms with Crippen molar-refractivity contribution in [2.24, 2.45) is 0 Å². The molecule has 1 N–H and O–H groups in total. The van der Waals surface area contributed by atoms with E-state index in [1.165, 1.54) is 39.3 Å². The van der Waals surface area contributed by atoms with Gasteiger partial charge in [0.1, 0.15) is 0 Å². The summed E-state index contributed by atoms with van der Waals surface area (Å²) in [5.41, 5.74) is 0. The van der Waals surface area contributed by atoms with Gasteiger partial charge in [-0.3, -0.25) is 4.90 Å². The van der Waals surface area contributed by atoms with Crippen LogP contribution in [0.2, 0.25) is 0 Å². The maximum absolute atomic E-state index is 9.75. The molecule has 2 nitrogen and oxygen atoms in total. The molecule has 3 heterocycles. The molecule has 0 saturated carbocycles. The van der Waals surface area contributed by atoms with Gasteiger partial charge in [-0.1, -0.05) is 0 Å². The van der Waals surface area contributed by atoms with Gasteiger partial charge in [0.25, 0.3) is 0 Å². The predicted octanol–water partition coefficient (Wildman–Crippen LogP) is -0.500. The van der Waals surface area contributed by atoms with Crippen LogP contribution in [-0.4, -0.2) is 51.4 Å². The fraction of sp³-hybridized carbons (Fsp3) is 1.00. The van der Waals surface area contributed by atoms with E-state index in [-0.39, 0.29) is 0 Å². The molecule has 13 heavy (non-hydrogen) atoms. The Morgan fingerprint density at radius 2 is 1.15 bits per heavy atom. The van der Waals surface area contributed by atoms with Crippen LogP contribution in [0.25, 0.3) is 0 Å². The molecule has 3 saturated heterocycles. The number of quaternary nitrogens is 1. The molecular formula is C6H13BF4N2. The van der Waals surface area contributed by atoms with Gasteiger partial charge >= 0.3 is 7.25 Å². The van der Waals surface area contributed by atoms with Crippen LogP contribution < -0.4 is 4.90 Å². The zero-order chi connectivity index (χ0) is 9.90. The minimum absolute atomic E-state index is 1.36. The zero-order valence-electron chi connectivity index (χ0n) is 7.28. The third-order valence-corrected chi connectivity index (χ3v) is 2.34. The van der Waals surface area contributed by atoms with Crippen molar-refractivity contribution in [1.29, 1.82) is 0 Å². The molecule has 0 spiro atoms. The van der Waals surface area contributed by atoms with E-state index in [1.807, 2.05) is 4.90 Å².